The van der Waals surface area contributed by atoms with E-state index in [9.17, 15) is 0 Å². The average molecular weight is 360 g/mol. The van der Waals surface area contributed by atoms with Gasteiger partial charge in [0.25, 0.3) is 0 Å². The van der Waals surface area contributed by atoms with Gasteiger partial charge in [0.05, 0.1) is 22.3 Å². The molecular weight excluding hydrogens is 341 g/mol. The molecule has 2 aromatic rings. The maximum Gasteiger partial charge on any atom is 0.0991 e. The van der Waals surface area contributed by atoms with Crippen molar-refractivity contribution in [1.82, 2.24) is 4.90 Å². The number of hydrogen-bond donors (Lipinski definition) is 0. The van der Waals surface area contributed by atoms with Crippen LogP contribution >= 0.6 is 23.2 Å². The van der Waals surface area contributed by atoms with Crippen LogP contribution in [0.5, 0.6) is 0 Å². The molecule has 1 heterocycles. The number of piperazine rings is 1. The SMILES string of the molecule is N#Cc1ccc(CCN2CCN(c3ccc(Cl)cc3Cl)CC2)cc1. The quantitative estimate of drug-likeness (QED) is 0.818. The van der Waals surface area contributed by atoms with E-state index in [-0.39, 0.29) is 0 Å². The van der Waals surface area contributed by atoms with Crippen molar-refractivity contribution in [2.24, 2.45) is 0 Å². The van der Waals surface area contributed by atoms with Gasteiger partial charge in [-0.15, -0.1) is 0 Å². The Morgan fingerprint density at radius 3 is 2.29 bits per heavy atom. The zero-order valence-electron chi connectivity index (χ0n) is 13.4. The van der Waals surface area contributed by atoms with Gasteiger partial charge in [-0.3, -0.25) is 4.90 Å². The first-order valence-corrected chi connectivity index (χ1v) is 8.83. The number of nitriles is 1. The van der Waals surface area contributed by atoms with E-state index in [0.29, 0.717) is 15.6 Å². The Labute approximate surface area is 153 Å². The third kappa shape index (κ3) is 4.21. The zero-order valence-corrected chi connectivity index (χ0v) is 14.9. The lowest BCUT2D eigenvalue weighted by Gasteiger charge is -2.36. The highest BCUT2D eigenvalue weighted by molar-refractivity contribution is 6.36. The van der Waals surface area contributed by atoms with Gasteiger partial charge in [-0.2, -0.15) is 5.26 Å². The Bertz CT molecular complexity index is 729. The first-order chi connectivity index (χ1) is 11.7. The fourth-order valence-electron chi connectivity index (χ4n) is 2.98. The summed E-state index contributed by atoms with van der Waals surface area (Å²) in [6, 6.07) is 15.7. The molecule has 1 aliphatic heterocycles. The van der Waals surface area contributed by atoms with Crippen molar-refractivity contribution in [3.8, 4) is 6.07 Å². The van der Waals surface area contributed by atoms with Gasteiger partial charge in [-0.1, -0.05) is 35.3 Å². The minimum Gasteiger partial charge on any atom is -0.368 e. The maximum absolute atomic E-state index is 8.84. The van der Waals surface area contributed by atoms with Crippen molar-refractivity contribution < 1.29 is 0 Å². The normalized spacial score (nSPS) is 15.3. The predicted octanol–water partition coefficient (Wildman–Crippen LogP) is 4.23. The van der Waals surface area contributed by atoms with Gasteiger partial charge in [0.1, 0.15) is 0 Å². The maximum atomic E-state index is 8.84. The number of rotatable bonds is 4. The summed E-state index contributed by atoms with van der Waals surface area (Å²) in [7, 11) is 0. The summed E-state index contributed by atoms with van der Waals surface area (Å²) in [6.45, 7) is 5.02. The molecule has 3 nitrogen and oxygen atoms in total. The van der Waals surface area contributed by atoms with Gasteiger partial charge in [-0.25, -0.2) is 0 Å². The van der Waals surface area contributed by atoms with Crippen LogP contribution in [-0.2, 0) is 6.42 Å². The Kier molecular flexibility index (Phi) is 5.63. The van der Waals surface area contributed by atoms with Gasteiger partial charge in [0, 0.05) is 37.7 Å². The molecule has 0 unspecified atom stereocenters. The molecule has 0 radical (unpaired) electrons. The Morgan fingerprint density at radius 1 is 0.958 bits per heavy atom. The van der Waals surface area contributed by atoms with Crippen LogP contribution in [0.2, 0.25) is 10.0 Å². The fraction of sp³-hybridized carbons (Fsp3) is 0.316. The Morgan fingerprint density at radius 2 is 1.67 bits per heavy atom. The van der Waals surface area contributed by atoms with E-state index in [0.717, 1.165) is 44.8 Å². The van der Waals surface area contributed by atoms with Crippen LogP contribution in [0.15, 0.2) is 42.5 Å². The van der Waals surface area contributed by atoms with E-state index in [2.05, 4.69) is 15.9 Å². The molecular formula is C19H19Cl2N3. The summed E-state index contributed by atoms with van der Waals surface area (Å²) in [4.78, 5) is 4.79. The van der Waals surface area contributed by atoms with Gasteiger partial charge in [0.15, 0.2) is 0 Å². The number of hydrogen-bond acceptors (Lipinski definition) is 3. The molecule has 0 atom stereocenters. The minimum atomic E-state index is 0.671. The first kappa shape index (κ1) is 17.1. The van der Waals surface area contributed by atoms with Crippen molar-refractivity contribution in [3.05, 3.63) is 63.6 Å². The summed E-state index contributed by atoms with van der Waals surface area (Å²) in [5, 5.41) is 10.2. The van der Waals surface area contributed by atoms with E-state index < -0.39 is 0 Å². The average Bonchev–Trinajstić information content (AvgIpc) is 2.61. The molecule has 2 aromatic carbocycles. The van der Waals surface area contributed by atoms with Crippen LogP contribution < -0.4 is 4.90 Å². The van der Waals surface area contributed by atoms with Gasteiger partial charge >= 0.3 is 0 Å². The molecule has 3 rings (SSSR count). The number of halogens is 2. The largest absolute Gasteiger partial charge is 0.368 e. The molecule has 1 aliphatic rings. The number of nitrogens with zero attached hydrogens (tertiary/aromatic N) is 3. The number of benzene rings is 2. The van der Waals surface area contributed by atoms with Gasteiger partial charge in [0.2, 0.25) is 0 Å². The van der Waals surface area contributed by atoms with E-state index in [1.54, 1.807) is 6.07 Å². The zero-order chi connectivity index (χ0) is 16.9. The lowest BCUT2D eigenvalue weighted by Crippen LogP contribution is -2.47. The lowest BCUT2D eigenvalue weighted by molar-refractivity contribution is 0.261. The summed E-state index contributed by atoms with van der Waals surface area (Å²) in [5.74, 6) is 0. The Hall–Kier alpha value is -1.73. The smallest absolute Gasteiger partial charge is 0.0991 e. The van der Waals surface area contributed by atoms with E-state index in [1.165, 1.54) is 5.56 Å². The van der Waals surface area contributed by atoms with Crippen molar-refractivity contribution in [2.45, 2.75) is 6.42 Å². The van der Waals surface area contributed by atoms with Crippen molar-refractivity contribution in [3.63, 3.8) is 0 Å². The molecule has 5 heteroatoms. The van der Waals surface area contributed by atoms with Crippen LogP contribution in [-0.4, -0.2) is 37.6 Å². The summed E-state index contributed by atoms with van der Waals surface area (Å²) < 4.78 is 0. The molecule has 1 saturated heterocycles. The standard InChI is InChI=1S/C19H19Cl2N3/c20-17-5-6-19(18(21)13-17)24-11-9-23(10-12-24)8-7-15-1-3-16(14-22)4-2-15/h1-6,13H,7-12H2. The van der Waals surface area contributed by atoms with E-state index in [4.69, 9.17) is 28.5 Å². The fourth-order valence-corrected chi connectivity index (χ4v) is 3.51. The molecule has 0 spiro atoms. The van der Waals surface area contributed by atoms with E-state index >= 15 is 0 Å². The highest BCUT2D eigenvalue weighted by Gasteiger charge is 2.18. The second-order valence-electron chi connectivity index (χ2n) is 5.98. The monoisotopic (exact) mass is 359 g/mol. The second kappa shape index (κ2) is 7.90. The van der Waals surface area contributed by atoms with Crippen molar-refractivity contribution >= 4 is 28.9 Å². The molecule has 0 aromatic heterocycles. The molecule has 0 saturated carbocycles. The molecule has 124 valence electrons. The lowest BCUT2D eigenvalue weighted by atomic mass is 10.1. The highest BCUT2D eigenvalue weighted by atomic mass is 35.5. The number of anilines is 1. The first-order valence-electron chi connectivity index (χ1n) is 8.07. The highest BCUT2D eigenvalue weighted by Crippen LogP contribution is 2.29. The van der Waals surface area contributed by atoms with Gasteiger partial charge in [-0.05, 0) is 42.3 Å². The van der Waals surface area contributed by atoms with Crippen LogP contribution in [0.4, 0.5) is 5.69 Å². The Balaban J connectivity index is 1.50. The van der Waals surface area contributed by atoms with Gasteiger partial charge < -0.3 is 4.90 Å². The molecule has 0 bridgehead atoms. The molecule has 1 fully saturated rings. The third-order valence-corrected chi connectivity index (χ3v) is 4.96. The summed E-state index contributed by atoms with van der Waals surface area (Å²) >= 11 is 12.3. The van der Waals surface area contributed by atoms with Crippen molar-refractivity contribution in [1.29, 1.82) is 5.26 Å². The van der Waals surface area contributed by atoms with Crippen LogP contribution in [0.25, 0.3) is 0 Å². The van der Waals surface area contributed by atoms with Crippen LogP contribution in [0.1, 0.15) is 11.1 Å². The summed E-state index contributed by atoms with van der Waals surface area (Å²) in [6.07, 6.45) is 1.01. The minimum absolute atomic E-state index is 0.671. The van der Waals surface area contributed by atoms with Crippen molar-refractivity contribution in [2.75, 3.05) is 37.6 Å². The second-order valence-corrected chi connectivity index (χ2v) is 6.83. The topological polar surface area (TPSA) is 30.3 Å². The molecule has 0 amide bonds. The molecule has 24 heavy (non-hydrogen) atoms. The van der Waals surface area contributed by atoms with E-state index in [1.807, 2.05) is 36.4 Å². The predicted molar refractivity (Wildman–Crippen MR) is 100.0 cm³/mol. The molecule has 0 N–H and O–H groups in total. The van der Waals surface area contributed by atoms with Crippen LogP contribution in [0, 0.1) is 11.3 Å². The van der Waals surface area contributed by atoms with Crippen LogP contribution in [0.3, 0.4) is 0 Å². The summed E-state index contributed by atoms with van der Waals surface area (Å²) in [5.41, 5.74) is 3.05. The third-order valence-electron chi connectivity index (χ3n) is 4.42. The molecule has 0 aliphatic carbocycles.